The number of aromatic hydroxyl groups is 1. The second-order valence-electron chi connectivity index (χ2n) is 6.17. The van der Waals surface area contributed by atoms with Crippen molar-refractivity contribution in [2.24, 2.45) is 0 Å². The summed E-state index contributed by atoms with van der Waals surface area (Å²) in [6.07, 6.45) is 1.83. The molecule has 27 heavy (non-hydrogen) atoms. The fourth-order valence-corrected chi connectivity index (χ4v) is 2.92. The third-order valence-corrected chi connectivity index (χ3v) is 4.31. The molecule has 4 rings (SSSR count). The van der Waals surface area contributed by atoms with E-state index in [2.05, 4.69) is 10.3 Å². The molecule has 1 aromatic heterocycles. The van der Waals surface area contributed by atoms with Crippen molar-refractivity contribution in [2.45, 2.75) is 6.54 Å². The van der Waals surface area contributed by atoms with Crippen LogP contribution in [0.15, 0.2) is 91.1 Å². The molecule has 4 heteroatoms. The smallest absolute Gasteiger partial charge is 0.159 e. The zero-order valence-corrected chi connectivity index (χ0v) is 14.7. The molecule has 0 aliphatic carbocycles. The Morgan fingerprint density at radius 3 is 2.19 bits per heavy atom. The van der Waals surface area contributed by atoms with Crippen LogP contribution in [0.2, 0.25) is 0 Å². The maximum atomic E-state index is 10.4. The number of hydrogen-bond acceptors (Lipinski definition) is 4. The van der Waals surface area contributed by atoms with E-state index in [1.54, 1.807) is 12.1 Å². The first-order valence-electron chi connectivity index (χ1n) is 8.80. The summed E-state index contributed by atoms with van der Waals surface area (Å²) < 4.78 is 0. The van der Waals surface area contributed by atoms with Gasteiger partial charge in [-0.25, -0.2) is 9.97 Å². The van der Waals surface area contributed by atoms with Crippen molar-refractivity contribution in [1.82, 2.24) is 9.97 Å². The average molecular weight is 353 g/mol. The number of hydrogen-bond donors (Lipinski definition) is 2. The number of rotatable bonds is 5. The normalized spacial score (nSPS) is 10.5. The Morgan fingerprint density at radius 2 is 1.44 bits per heavy atom. The summed E-state index contributed by atoms with van der Waals surface area (Å²) in [7, 11) is 0. The fourth-order valence-electron chi connectivity index (χ4n) is 2.92. The monoisotopic (exact) mass is 353 g/mol. The summed E-state index contributed by atoms with van der Waals surface area (Å²) in [6.45, 7) is 0.558. The Morgan fingerprint density at radius 1 is 0.778 bits per heavy atom. The van der Waals surface area contributed by atoms with E-state index >= 15 is 0 Å². The third-order valence-electron chi connectivity index (χ3n) is 4.31. The average Bonchev–Trinajstić information content (AvgIpc) is 2.74. The fraction of sp³-hybridized carbons (Fsp3) is 0.0435. The van der Waals surface area contributed by atoms with Gasteiger partial charge < -0.3 is 10.4 Å². The number of benzene rings is 3. The SMILES string of the molecule is Oc1ccccc1-c1nc(-c2ccccc2)ncc1CNc1ccccc1. The number of anilines is 1. The Labute approximate surface area is 158 Å². The molecule has 0 unspecified atom stereocenters. The maximum absolute atomic E-state index is 10.4. The van der Waals surface area contributed by atoms with Gasteiger partial charge in [-0.15, -0.1) is 0 Å². The first-order valence-corrected chi connectivity index (χ1v) is 8.80. The van der Waals surface area contributed by atoms with E-state index in [0.717, 1.165) is 22.5 Å². The second-order valence-corrected chi connectivity index (χ2v) is 6.17. The van der Waals surface area contributed by atoms with E-state index in [-0.39, 0.29) is 5.75 Å². The number of phenolic OH excluding ortho intramolecular Hbond substituents is 1. The van der Waals surface area contributed by atoms with Gasteiger partial charge in [0.15, 0.2) is 5.82 Å². The van der Waals surface area contributed by atoms with Gasteiger partial charge in [0, 0.05) is 35.1 Å². The zero-order valence-electron chi connectivity index (χ0n) is 14.7. The summed E-state index contributed by atoms with van der Waals surface area (Å²) >= 11 is 0. The Balaban J connectivity index is 1.75. The summed E-state index contributed by atoms with van der Waals surface area (Å²) in [4.78, 5) is 9.32. The molecule has 0 radical (unpaired) electrons. The molecule has 0 fully saturated rings. The highest BCUT2D eigenvalue weighted by Crippen LogP contribution is 2.31. The number of phenols is 1. The number of para-hydroxylation sites is 2. The lowest BCUT2D eigenvalue weighted by atomic mass is 10.1. The van der Waals surface area contributed by atoms with Crippen LogP contribution in [-0.4, -0.2) is 15.1 Å². The Kier molecular flexibility index (Phi) is 4.79. The zero-order chi connectivity index (χ0) is 18.5. The van der Waals surface area contributed by atoms with Crippen molar-refractivity contribution in [2.75, 3.05) is 5.32 Å². The van der Waals surface area contributed by atoms with Crippen LogP contribution < -0.4 is 5.32 Å². The molecule has 0 bridgehead atoms. The van der Waals surface area contributed by atoms with Crippen LogP contribution in [0.5, 0.6) is 5.75 Å². The molecular formula is C23H19N3O. The largest absolute Gasteiger partial charge is 0.507 e. The van der Waals surface area contributed by atoms with E-state index in [1.165, 1.54) is 0 Å². The van der Waals surface area contributed by atoms with Crippen molar-refractivity contribution in [3.63, 3.8) is 0 Å². The van der Waals surface area contributed by atoms with Crippen molar-refractivity contribution in [3.05, 3.63) is 96.7 Å². The van der Waals surface area contributed by atoms with Crippen molar-refractivity contribution in [1.29, 1.82) is 0 Å². The molecule has 0 amide bonds. The summed E-state index contributed by atoms with van der Waals surface area (Å²) in [5.74, 6) is 0.841. The molecule has 0 aliphatic rings. The third kappa shape index (κ3) is 3.80. The van der Waals surface area contributed by atoms with Gasteiger partial charge in [-0.2, -0.15) is 0 Å². The quantitative estimate of drug-likeness (QED) is 0.522. The summed E-state index contributed by atoms with van der Waals surface area (Å²) in [5.41, 5.74) is 4.30. The minimum absolute atomic E-state index is 0.205. The van der Waals surface area contributed by atoms with Crippen LogP contribution in [0.3, 0.4) is 0 Å². The second kappa shape index (κ2) is 7.70. The minimum Gasteiger partial charge on any atom is -0.507 e. The Bertz CT molecular complexity index is 1030. The number of nitrogens with one attached hydrogen (secondary N) is 1. The van der Waals surface area contributed by atoms with E-state index in [9.17, 15) is 5.11 Å². The first kappa shape index (κ1) is 16.8. The lowest BCUT2D eigenvalue weighted by Gasteiger charge is -2.13. The molecule has 3 aromatic carbocycles. The van der Waals surface area contributed by atoms with Crippen molar-refractivity contribution in [3.8, 4) is 28.4 Å². The molecule has 4 nitrogen and oxygen atoms in total. The van der Waals surface area contributed by atoms with E-state index in [1.807, 2.05) is 79.0 Å². The highest BCUT2D eigenvalue weighted by molar-refractivity contribution is 5.71. The van der Waals surface area contributed by atoms with Crippen molar-refractivity contribution < 1.29 is 5.11 Å². The molecule has 2 N–H and O–H groups in total. The van der Waals surface area contributed by atoms with Crippen molar-refractivity contribution >= 4 is 5.69 Å². The lowest BCUT2D eigenvalue weighted by molar-refractivity contribution is 0.477. The molecule has 1 heterocycles. The van der Waals surface area contributed by atoms with Crippen LogP contribution in [0.4, 0.5) is 5.69 Å². The predicted octanol–water partition coefficient (Wildman–Crippen LogP) is 5.13. The Hall–Kier alpha value is -3.66. The van der Waals surface area contributed by atoms with Gasteiger partial charge in [0.05, 0.1) is 5.69 Å². The molecular weight excluding hydrogens is 334 g/mol. The topological polar surface area (TPSA) is 58.0 Å². The van der Waals surface area contributed by atoms with Crippen LogP contribution in [0.1, 0.15) is 5.56 Å². The predicted molar refractivity (Wildman–Crippen MR) is 108 cm³/mol. The van der Waals surface area contributed by atoms with Crippen LogP contribution in [0, 0.1) is 0 Å². The molecule has 0 saturated heterocycles. The minimum atomic E-state index is 0.205. The van der Waals surface area contributed by atoms with E-state index < -0.39 is 0 Å². The number of nitrogens with zero attached hydrogens (tertiary/aromatic N) is 2. The highest BCUT2D eigenvalue weighted by atomic mass is 16.3. The standard InChI is InChI=1S/C23H19N3O/c27-21-14-8-7-13-20(21)22-18(15-24-19-11-5-2-6-12-19)16-25-23(26-22)17-9-3-1-4-10-17/h1-14,16,24,27H,15H2. The molecule has 0 spiro atoms. The molecule has 0 saturated carbocycles. The lowest BCUT2D eigenvalue weighted by Crippen LogP contribution is -2.05. The molecule has 4 aromatic rings. The molecule has 132 valence electrons. The molecule has 0 atom stereocenters. The van der Waals surface area contributed by atoms with Gasteiger partial charge in [-0.05, 0) is 24.3 Å². The number of aromatic nitrogens is 2. The van der Waals surface area contributed by atoms with Gasteiger partial charge in [0.1, 0.15) is 5.75 Å². The van der Waals surface area contributed by atoms with Gasteiger partial charge in [-0.3, -0.25) is 0 Å². The van der Waals surface area contributed by atoms with Crippen LogP contribution in [0.25, 0.3) is 22.6 Å². The van der Waals surface area contributed by atoms with E-state index in [4.69, 9.17) is 4.98 Å². The van der Waals surface area contributed by atoms with E-state index in [0.29, 0.717) is 17.9 Å². The van der Waals surface area contributed by atoms with Gasteiger partial charge >= 0.3 is 0 Å². The summed E-state index contributed by atoms with van der Waals surface area (Å²) in [5, 5.41) is 13.7. The maximum Gasteiger partial charge on any atom is 0.159 e. The highest BCUT2D eigenvalue weighted by Gasteiger charge is 2.13. The first-order chi connectivity index (χ1) is 13.3. The van der Waals surface area contributed by atoms with Gasteiger partial charge in [0.25, 0.3) is 0 Å². The van der Waals surface area contributed by atoms with Gasteiger partial charge in [-0.1, -0.05) is 60.7 Å². The van der Waals surface area contributed by atoms with Crippen LogP contribution >= 0.6 is 0 Å². The summed E-state index contributed by atoms with van der Waals surface area (Å²) in [6, 6.07) is 27.1. The van der Waals surface area contributed by atoms with Gasteiger partial charge in [0.2, 0.25) is 0 Å². The molecule has 0 aliphatic heterocycles. The van der Waals surface area contributed by atoms with Crippen LogP contribution in [-0.2, 0) is 6.54 Å².